The molecule has 0 spiro atoms. The van der Waals surface area contributed by atoms with Gasteiger partial charge in [-0.1, -0.05) is 24.3 Å². The van der Waals surface area contributed by atoms with Gasteiger partial charge in [0.05, 0.1) is 5.41 Å². The minimum atomic E-state index is -0.667. The van der Waals surface area contributed by atoms with Gasteiger partial charge in [-0.05, 0) is 74.8 Å². The Balaban J connectivity index is 1.66. The van der Waals surface area contributed by atoms with Gasteiger partial charge >= 0.3 is 0 Å². The highest BCUT2D eigenvalue weighted by atomic mass is 16.5. The summed E-state index contributed by atoms with van der Waals surface area (Å²) in [6.45, 7) is 5.71. The lowest BCUT2D eigenvalue weighted by molar-refractivity contribution is -0.148. The first-order valence-corrected chi connectivity index (χ1v) is 11.7. The van der Waals surface area contributed by atoms with Crippen LogP contribution in [-0.2, 0) is 20.7 Å². The number of nitrogens with one attached hydrogen (secondary N) is 1. The molecule has 0 radical (unpaired) electrons. The zero-order chi connectivity index (χ0) is 22.6. The molecule has 32 heavy (non-hydrogen) atoms. The van der Waals surface area contributed by atoms with Crippen LogP contribution in [0.4, 0.5) is 0 Å². The minimum absolute atomic E-state index is 0.0295. The van der Waals surface area contributed by atoms with E-state index in [-0.39, 0.29) is 24.0 Å². The Morgan fingerprint density at radius 2 is 1.97 bits per heavy atom. The highest BCUT2D eigenvalue weighted by Crippen LogP contribution is 2.38. The summed E-state index contributed by atoms with van der Waals surface area (Å²) in [4.78, 5) is 32.7. The fourth-order valence-electron chi connectivity index (χ4n) is 4.97. The lowest BCUT2D eigenvalue weighted by Gasteiger charge is -2.43. The Labute approximate surface area is 190 Å². The maximum Gasteiger partial charge on any atom is 0.251 e. The Morgan fingerprint density at radius 3 is 2.69 bits per heavy atom. The zero-order valence-corrected chi connectivity index (χ0v) is 19.0. The third-order valence-corrected chi connectivity index (χ3v) is 6.53. The SMILES string of the molecule is CC(C)NC(=O)[C@]1(Cc2ccccc2-c2ccncc2)CCCN(C(=O)[C@@H]2CCCO2)C1. The van der Waals surface area contributed by atoms with Crippen molar-refractivity contribution in [3.8, 4) is 11.1 Å². The van der Waals surface area contributed by atoms with E-state index in [1.807, 2.05) is 43.0 Å². The number of carbonyl (C=O) groups is 2. The smallest absolute Gasteiger partial charge is 0.251 e. The largest absolute Gasteiger partial charge is 0.368 e. The molecule has 0 bridgehead atoms. The average Bonchev–Trinajstić information content (AvgIpc) is 3.34. The van der Waals surface area contributed by atoms with Crippen LogP contribution >= 0.6 is 0 Å². The molecule has 1 aromatic heterocycles. The number of likely N-dealkylation sites (tertiary alicyclic amines) is 1. The lowest BCUT2D eigenvalue weighted by Crippen LogP contribution is -2.56. The van der Waals surface area contributed by atoms with E-state index in [2.05, 4.69) is 22.4 Å². The van der Waals surface area contributed by atoms with Crippen LogP contribution in [0.25, 0.3) is 11.1 Å². The van der Waals surface area contributed by atoms with E-state index in [4.69, 9.17) is 4.74 Å². The first-order valence-electron chi connectivity index (χ1n) is 11.7. The number of pyridine rings is 1. The van der Waals surface area contributed by atoms with Crippen molar-refractivity contribution in [3.05, 3.63) is 54.4 Å². The molecule has 0 saturated carbocycles. The van der Waals surface area contributed by atoms with Gasteiger partial charge in [-0.3, -0.25) is 14.6 Å². The van der Waals surface area contributed by atoms with E-state index in [1.165, 1.54) is 0 Å². The van der Waals surface area contributed by atoms with Gasteiger partial charge in [0.25, 0.3) is 5.91 Å². The topological polar surface area (TPSA) is 71.5 Å². The molecule has 3 heterocycles. The highest BCUT2D eigenvalue weighted by molar-refractivity contribution is 5.86. The van der Waals surface area contributed by atoms with Crippen molar-refractivity contribution in [1.82, 2.24) is 15.2 Å². The predicted molar refractivity (Wildman–Crippen MR) is 124 cm³/mol. The molecule has 6 nitrogen and oxygen atoms in total. The van der Waals surface area contributed by atoms with Crippen molar-refractivity contribution < 1.29 is 14.3 Å². The first-order chi connectivity index (χ1) is 15.5. The van der Waals surface area contributed by atoms with E-state index in [0.29, 0.717) is 26.1 Å². The number of benzene rings is 1. The third-order valence-electron chi connectivity index (χ3n) is 6.53. The molecule has 0 unspecified atom stereocenters. The summed E-state index contributed by atoms with van der Waals surface area (Å²) in [5.41, 5.74) is 2.64. The molecule has 1 N–H and O–H groups in total. The quantitative estimate of drug-likeness (QED) is 0.753. The predicted octanol–water partition coefficient (Wildman–Crippen LogP) is 3.60. The Bertz CT molecular complexity index is 940. The maximum atomic E-state index is 13.6. The second kappa shape index (κ2) is 9.82. The molecular weight excluding hydrogens is 402 g/mol. The second-order valence-electron chi connectivity index (χ2n) is 9.34. The van der Waals surface area contributed by atoms with E-state index >= 15 is 0 Å². The summed E-state index contributed by atoms with van der Waals surface area (Å²) < 4.78 is 5.66. The summed E-state index contributed by atoms with van der Waals surface area (Å²) >= 11 is 0. The lowest BCUT2D eigenvalue weighted by atomic mass is 9.73. The number of amides is 2. The number of piperidine rings is 1. The van der Waals surface area contributed by atoms with Crippen LogP contribution in [0.15, 0.2) is 48.8 Å². The molecule has 2 aliphatic heterocycles. The molecule has 2 aliphatic rings. The van der Waals surface area contributed by atoms with Crippen molar-refractivity contribution in [2.75, 3.05) is 19.7 Å². The Kier molecular flexibility index (Phi) is 6.89. The zero-order valence-electron chi connectivity index (χ0n) is 19.0. The normalized spacial score (nSPS) is 23.3. The van der Waals surface area contributed by atoms with Gasteiger partial charge in [0, 0.05) is 38.1 Å². The number of aromatic nitrogens is 1. The molecule has 4 rings (SSSR count). The number of carbonyl (C=O) groups excluding carboxylic acids is 2. The Hall–Kier alpha value is -2.73. The fraction of sp³-hybridized carbons (Fsp3) is 0.500. The van der Waals surface area contributed by atoms with Crippen LogP contribution in [0.3, 0.4) is 0 Å². The van der Waals surface area contributed by atoms with Crippen LogP contribution in [0, 0.1) is 5.41 Å². The van der Waals surface area contributed by atoms with Gasteiger partial charge in [0.15, 0.2) is 0 Å². The van der Waals surface area contributed by atoms with Crippen molar-refractivity contribution in [1.29, 1.82) is 0 Å². The summed E-state index contributed by atoms with van der Waals surface area (Å²) in [5, 5.41) is 3.14. The molecule has 2 fully saturated rings. The van der Waals surface area contributed by atoms with E-state index in [1.54, 1.807) is 12.4 Å². The second-order valence-corrected chi connectivity index (χ2v) is 9.34. The van der Waals surface area contributed by atoms with Gasteiger partial charge < -0.3 is 15.0 Å². The fourth-order valence-corrected chi connectivity index (χ4v) is 4.97. The standard InChI is InChI=1S/C26H33N3O3/c1-19(2)28-25(31)26(12-6-15-29(18-26)24(30)23-9-5-16-32-23)17-21-7-3-4-8-22(21)20-10-13-27-14-11-20/h3-4,7-8,10-11,13-14,19,23H,5-6,9,12,15-18H2,1-2H3,(H,28,31)/t23-,26-/m0/s1. The van der Waals surface area contributed by atoms with Crippen LogP contribution in [0.2, 0.25) is 0 Å². The molecule has 2 aromatic rings. The maximum absolute atomic E-state index is 13.6. The first kappa shape index (κ1) is 22.5. The molecule has 2 atom stereocenters. The molecular formula is C26H33N3O3. The molecule has 0 aliphatic carbocycles. The molecule has 2 amide bonds. The van der Waals surface area contributed by atoms with Gasteiger partial charge in [-0.2, -0.15) is 0 Å². The highest BCUT2D eigenvalue weighted by Gasteiger charge is 2.45. The monoisotopic (exact) mass is 435 g/mol. The number of hydrogen-bond acceptors (Lipinski definition) is 4. The van der Waals surface area contributed by atoms with Crippen molar-refractivity contribution in [3.63, 3.8) is 0 Å². The van der Waals surface area contributed by atoms with Gasteiger partial charge in [-0.15, -0.1) is 0 Å². The minimum Gasteiger partial charge on any atom is -0.368 e. The number of hydrogen-bond donors (Lipinski definition) is 1. The molecule has 6 heteroatoms. The van der Waals surface area contributed by atoms with Crippen LogP contribution < -0.4 is 5.32 Å². The number of rotatable bonds is 6. The van der Waals surface area contributed by atoms with Crippen LogP contribution in [0.1, 0.15) is 45.1 Å². The van der Waals surface area contributed by atoms with Gasteiger partial charge in [-0.25, -0.2) is 0 Å². The molecule has 2 saturated heterocycles. The summed E-state index contributed by atoms with van der Waals surface area (Å²) in [5.74, 6) is 0.0632. The van der Waals surface area contributed by atoms with E-state index < -0.39 is 5.41 Å². The van der Waals surface area contributed by atoms with Gasteiger partial charge in [0.1, 0.15) is 6.10 Å². The number of nitrogens with zero attached hydrogens (tertiary/aromatic N) is 2. The van der Waals surface area contributed by atoms with Crippen LogP contribution in [-0.4, -0.2) is 53.5 Å². The van der Waals surface area contributed by atoms with E-state index in [9.17, 15) is 9.59 Å². The molecule has 1 aromatic carbocycles. The van der Waals surface area contributed by atoms with Crippen molar-refractivity contribution >= 4 is 11.8 Å². The molecule has 170 valence electrons. The Morgan fingerprint density at radius 1 is 1.19 bits per heavy atom. The van der Waals surface area contributed by atoms with Crippen molar-refractivity contribution in [2.24, 2.45) is 5.41 Å². The van der Waals surface area contributed by atoms with E-state index in [0.717, 1.165) is 42.4 Å². The third kappa shape index (κ3) is 4.85. The van der Waals surface area contributed by atoms with Crippen molar-refractivity contribution in [2.45, 2.75) is 58.1 Å². The van der Waals surface area contributed by atoms with Gasteiger partial charge in [0.2, 0.25) is 5.91 Å². The summed E-state index contributed by atoms with van der Waals surface area (Å²) in [7, 11) is 0. The summed E-state index contributed by atoms with van der Waals surface area (Å²) in [6, 6.07) is 12.3. The van der Waals surface area contributed by atoms with Crippen LogP contribution in [0.5, 0.6) is 0 Å². The average molecular weight is 436 g/mol. The number of ether oxygens (including phenoxy) is 1. The summed E-state index contributed by atoms with van der Waals surface area (Å²) in [6.07, 6.45) is 7.05.